The van der Waals surface area contributed by atoms with Gasteiger partial charge in [-0.3, -0.25) is 9.78 Å². The summed E-state index contributed by atoms with van der Waals surface area (Å²) in [6.07, 6.45) is -0.464. The molecule has 2 aromatic carbocycles. The number of rotatable bonds is 11. The molecular formula is C31H33F4N5O3S. The van der Waals surface area contributed by atoms with Gasteiger partial charge in [0.25, 0.3) is 10.0 Å². The van der Waals surface area contributed by atoms with Gasteiger partial charge < -0.3 is 10.2 Å². The number of benzene rings is 2. The van der Waals surface area contributed by atoms with Gasteiger partial charge >= 0.3 is 6.18 Å². The lowest BCUT2D eigenvalue weighted by Gasteiger charge is -2.30. The molecule has 0 unspecified atom stereocenters. The summed E-state index contributed by atoms with van der Waals surface area (Å²) in [5, 5.41) is 7.04. The number of amides is 1. The van der Waals surface area contributed by atoms with Crippen LogP contribution in [-0.4, -0.2) is 66.3 Å². The van der Waals surface area contributed by atoms with Crippen molar-refractivity contribution in [3.63, 3.8) is 0 Å². The Morgan fingerprint density at radius 1 is 1.11 bits per heavy atom. The molecular weight excluding hydrogens is 598 g/mol. The number of halogens is 4. The van der Waals surface area contributed by atoms with Crippen molar-refractivity contribution < 1.29 is 30.8 Å². The van der Waals surface area contributed by atoms with E-state index in [4.69, 9.17) is 0 Å². The minimum atomic E-state index is -4.45. The fraction of sp³-hybridized carbons (Fsp3) is 0.387. The number of hydrogen-bond acceptors (Lipinski definition) is 6. The Balaban J connectivity index is 1.31. The number of carbonyl (C=O) groups is 1. The van der Waals surface area contributed by atoms with Crippen molar-refractivity contribution in [1.29, 1.82) is 0 Å². The van der Waals surface area contributed by atoms with Crippen LogP contribution in [0, 0.1) is 18.2 Å². The van der Waals surface area contributed by atoms with Gasteiger partial charge in [0.1, 0.15) is 5.52 Å². The highest BCUT2D eigenvalue weighted by molar-refractivity contribution is 7.90. The number of nitrogens with zero attached hydrogens (tertiary/aromatic N) is 4. The predicted molar refractivity (Wildman–Crippen MR) is 157 cm³/mol. The van der Waals surface area contributed by atoms with Crippen molar-refractivity contribution >= 4 is 26.8 Å². The molecule has 2 aromatic heterocycles. The molecule has 1 amide bonds. The monoisotopic (exact) mass is 631 g/mol. The van der Waals surface area contributed by atoms with Gasteiger partial charge in [0, 0.05) is 42.7 Å². The number of likely N-dealkylation sites (N-methyl/N-ethyl adjacent to an activating group) is 1. The Hall–Kier alpha value is -3.84. The molecule has 0 radical (unpaired) electrons. The van der Waals surface area contributed by atoms with Crippen LogP contribution in [0.3, 0.4) is 0 Å². The van der Waals surface area contributed by atoms with E-state index in [0.717, 1.165) is 5.56 Å². The molecule has 4 aromatic rings. The van der Waals surface area contributed by atoms with Gasteiger partial charge in [-0.15, -0.1) is 0 Å². The van der Waals surface area contributed by atoms with Gasteiger partial charge in [-0.05, 0) is 81.7 Å². The fourth-order valence-corrected chi connectivity index (χ4v) is 6.92. The zero-order valence-electron chi connectivity index (χ0n) is 24.5. The quantitative estimate of drug-likeness (QED) is 0.228. The van der Waals surface area contributed by atoms with E-state index >= 15 is 4.39 Å². The van der Waals surface area contributed by atoms with Gasteiger partial charge in [-0.25, -0.2) is 4.39 Å². The Bertz CT molecular complexity index is 1750. The molecule has 1 saturated carbocycles. The summed E-state index contributed by atoms with van der Waals surface area (Å²) in [4.78, 5) is 18.8. The second-order valence-electron chi connectivity index (χ2n) is 11.6. The SMILES string of the molecule is Cc1ccc(S(=O)(=O)n2ncc3cc(C[C@@H](CNC(=O)C[C@H](c4cccnc4)C4(C(F)(F)F)CC4)N(C)C)cc(F)c32)cc1. The highest BCUT2D eigenvalue weighted by Gasteiger charge is 2.67. The lowest BCUT2D eigenvalue weighted by molar-refractivity contribution is -0.194. The topological polar surface area (TPSA) is 97.2 Å². The smallest absolute Gasteiger partial charge is 0.355 e. The maximum atomic E-state index is 15.4. The minimum Gasteiger partial charge on any atom is -0.355 e. The number of carbonyl (C=O) groups excluding carboxylic acids is 1. The van der Waals surface area contributed by atoms with Crippen LogP contribution >= 0.6 is 0 Å². The van der Waals surface area contributed by atoms with Crippen LogP contribution in [0.4, 0.5) is 17.6 Å². The molecule has 8 nitrogen and oxygen atoms in total. The Kier molecular flexibility index (Phi) is 8.56. The number of fused-ring (bicyclic) bond motifs is 1. The molecule has 234 valence electrons. The van der Waals surface area contributed by atoms with Crippen molar-refractivity contribution in [3.8, 4) is 0 Å². The molecule has 0 spiro atoms. The Morgan fingerprint density at radius 3 is 2.41 bits per heavy atom. The largest absolute Gasteiger partial charge is 0.395 e. The summed E-state index contributed by atoms with van der Waals surface area (Å²) in [6.45, 7) is 1.93. The molecule has 0 saturated heterocycles. The Labute approximate surface area is 253 Å². The van der Waals surface area contributed by atoms with Crippen molar-refractivity contribution in [1.82, 2.24) is 24.4 Å². The lowest BCUT2D eigenvalue weighted by atomic mass is 9.80. The van der Waals surface area contributed by atoms with Gasteiger partial charge in [0.15, 0.2) is 5.82 Å². The van der Waals surface area contributed by atoms with Crippen LogP contribution in [-0.2, 0) is 21.2 Å². The van der Waals surface area contributed by atoms with E-state index in [-0.39, 0.29) is 48.7 Å². The van der Waals surface area contributed by atoms with Crippen LogP contribution in [0.2, 0.25) is 0 Å². The molecule has 5 rings (SSSR count). The van der Waals surface area contributed by atoms with Crippen molar-refractivity contribution in [2.45, 2.75) is 55.6 Å². The molecule has 1 aliphatic rings. The molecule has 1 fully saturated rings. The molecule has 0 aliphatic heterocycles. The van der Waals surface area contributed by atoms with Crippen LogP contribution in [0.5, 0.6) is 0 Å². The maximum Gasteiger partial charge on any atom is 0.395 e. The first-order valence-corrected chi connectivity index (χ1v) is 15.5. The summed E-state index contributed by atoms with van der Waals surface area (Å²) in [5.41, 5.74) is -0.339. The van der Waals surface area contributed by atoms with E-state index in [2.05, 4.69) is 15.4 Å². The highest BCUT2D eigenvalue weighted by atomic mass is 32.2. The van der Waals surface area contributed by atoms with E-state index in [1.54, 1.807) is 44.4 Å². The molecule has 44 heavy (non-hydrogen) atoms. The van der Waals surface area contributed by atoms with E-state index in [0.29, 0.717) is 20.6 Å². The third-order valence-electron chi connectivity index (χ3n) is 8.43. The van der Waals surface area contributed by atoms with Crippen molar-refractivity contribution in [3.05, 3.63) is 89.6 Å². The summed E-state index contributed by atoms with van der Waals surface area (Å²) in [5.74, 6) is -2.35. The van der Waals surface area contributed by atoms with Gasteiger partial charge in [0.05, 0.1) is 16.5 Å². The first kappa shape index (κ1) is 31.6. The second-order valence-corrected chi connectivity index (χ2v) is 13.4. The summed E-state index contributed by atoms with van der Waals surface area (Å²) in [7, 11) is -0.585. The van der Waals surface area contributed by atoms with E-state index in [1.807, 2.05) is 11.8 Å². The fourth-order valence-electron chi connectivity index (χ4n) is 5.64. The standard InChI is InChI=1S/C31H33F4N5O3S/c1-20-6-8-25(9-7-20)44(42,43)40-29-23(18-38-40)13-21(15-27(29)32)14-24(39(2)3)19-37-28(41)16-26(22-5-4-12-36-17-22)30(10-11-30)31(33,34)35/h4-9,12-13,15,17-18,24,26H,10-11,14,16,19H2,1-3H3,(H,37,41)/t24-,26+/m0/s1. The molecule has 13 heteroatoms. The molecule has 1 aliphatic carbocycles. The van der Waals surface area contributed by atoms with Crippen LogP contribution in [0.25, 0.3) is 10.9 Å². The van der Waals surface area contributed by atoms with Gasteiger partial charge in [0.2, 0.25) is 5.91 Å². The zero-order valence-corrected chi connectivity index (χ0v) is 25.3. The number of aryl methyl sites for hydroxylation is 1. The van der Waals surface area contributed by atoms with Crippen molar-refractivity contribution in [2.24, 2.45) is 5.41 Å². The number of alkyl halides is 3. The maximum absolute atomic E-state index is 15.4. The average molecular weight is 632 g/mol. The first-order valence-electron chi connectivity index (χ1n) is 14.1. The van der Waals surface area contributed by atoms with Crippen LogP contribution in [0.15, 0.2) is 72.0 Å². The minimum absolute atomic E-state index is 0.0198. The number of hydrogen-bond donors (Lipinski definition) is 1. The third-order valence-corrected chi connectivity index (χ3v) is 10.0. The van der Waals surface area contributed by atoms with Crippen molar-refractivity contribution in [2.75, 3.05) is 20.6 Å². The number of nitrogens with one attached hydrogen (secondary N) is 1. The third kappa shape index (κ3) is 6.20. The molecule has 1 N–H and O–H groups in total. The number of aromatic nitrogens is 3. The van der Waals surface area contributed by atoms with Gasteiger partial charge in [-0.1, -0.05) is 23.8 Å². The van der Waals surface area contributed by atoms with Gasteiger partial charge in [-0.2, -0.15) is 30.8 Å². The first-order chi connectivity index (χ1) is 20.7. The predicted octanol–water partition coefficient (Wildman–Crippen LogP) is 5.22. The summed E-state index contributed by atoms with van der Waals surface area (Å²) < 4.78 is 84.6. The molecule has 0 bridgehead atoms. The van der Waals surface area contributed by atoms with E-state index < -0.39 is 39.3 Å². The normalized spacial score (nSPS) is 16.2. The second kappa shape index (κ2) is 11.9. The zero-order chi connectivity index (χ0) is 31.9. The van der Waals surface area contributed by atoms with E-state index in [1.165, 1.54) is 36.8 Å². The average Bonchev–Trinajstić information content (AvgIpc) is 3.67. The highest BCUT2D eigenvalue weighted by Crippen LogP contribution is 2.66. The number of pyridine rings is 1. The Morgan fingerprint density at radius 2 is 1.82 bits per heavy atom. The van der Waals surface area contributed by atoms with Crippen LogP contribution < -0.4 is 5.32 Å². The summed E-state index contributed by atoms with van der Waals surface area (Å²) in [6, 6.07) is 11.8. The lowest BCUT2D eigenvalue weighted by Crippen LogP contribution is -2.42. The summed E-state index contributed by atoms with van der Waals surface area (Å²) >= 11 is 0. The van der Waals surface area contributed by atoms with E-state index in [9.17, 15) is 26.4 Å². The molecule has 2 heterocycles. The van der Waals surface area contributed by atoms with Crippen LogP contribution in [0.1, 0.15) is 41.9 Å². The molecule has 2 atom stereocenters.